The van der Waals surface area contributed by atoms with Crippen molar-refractivity contribution in [3.63, 3.8) is 0 Å². The highest BCUT2D eigenvalue weighted by Gasteiger charge is 2.04. The first-order valence-corrected chi connectivity index (χ1v) is 3.77. The van der Waals surface area contributed by atoms with Gasteiger partial charge in [0, 0.05) is 31.4 Å². The van der Waals surface area contributed by atoms with Gasteiger partial charge in [-0.25, -0.2) is 9.97 Å². The maximum atomic E-state index is 5.56. The topological polar surface area (TPSA) is 56.7 Å². The molecule has 4 nitrogen and oxygen atoms in total. The first kappa shape index (κ1) is 7.24. The van der Waals surface area contributed by atoms with E-state index in [1.165, 1.54) is 0 Å². The summed E-state index contributed by atoms with van der Waals surface area (Å²) in [5.74, 6) is 0. The molecule has 2 heterocycles. The Bertz CT molecular complexity index is 404. The normalized spacial score (nSPS) is 10.8. The van der Waals surface area contributed by atoms with Crippen molar-refractivity contribution in [1.82, 2.24) is 14.5 Å². The predicted molar refractivity (Wildman–Crippen MR) is 46.4 cm³/mol. The lowest BCUT2D eigenvalue weighted by molar-refractivity contribution is 0.930. The average molecular weight is 162 g/mol. The summed E-state index contributed by atoms with van der Waals surface area (Å²) in [5, 5.41) is 1.04. The molecule has 0 aliphatic rings. The highest BCUT2D eigenvalue weighted by atomic mass is 15.0. The summed E-state index contributed by atoms with van der Waals surface area (Å²) in [4.78, 5) is 8.10. The van der Waals surface area contributed by atoms with Gasteiger partial charge in [-0.05, 0) is 5.56 Å². The van der Waals surface area contributed by atoms with Gasteiger partial charge < -0.3 is 10.3 Å². The van der Waals surface area contributed by atoms with Crippen LogP contribution in [0, 0.1) is 0 Å². The highest BCUT2D eigenvalue weighted by Crippen LogP contribution is 2.15. The van der Waals surface area contributed by atoms with Crippen molar-refractivity contribution in [3.8, 4) is 0 Å². The Morgan fingerprint density at radius 3 is 3.17 bits per heavy atom. The van der Waals surface area contributed by atoms with E-state index in [0.717, 1.165) is 16.6 Å². The van der Waals surface area contributed by atoms with Gasteiger partial charge in [-0.3, -0.25) is 0 Å². The minimum atomic E-state index is 0.532. The molecule has 0 fully saturated rings. The SMILES string of the molecule is Cn1cc(CN)c2cncnc21. The fourth-order valence-corrected chi connectivity index (χ4v) is 1.36. The van der Waals surface area contributed by atoms with Gasteiger partial charge in [-0.2, -0.15) is 0 Å². The van der Waals surface area contributed by atoms with Crippen molar-refractivity contribution in [3.05, 3.63) is 24.3 Å². The van der Waals surface area contributed by atoms with Gasteiger partial charge in [0.2, 0.25) is 0 Å². The van der Waals surface area contributed by atoms with E-state index >= 15 is 0 Å². The van der Waals surface area contributed by atoms with Crippen molar-refractivity contribution in [2.75, 3.05) is 0 Å². The first-order chi connectivity index (χ1) is 5.83. The molecule has 62 valence electrons. The molecule has 2 aromatic heterocycles. The number of nitrogens with zero attached hydrogens (tertiary/aromatic N) is 3. The molecule has 0 saturated carbocycles. The molecule has 0 radical (unpaired) electrons. The number of aryl methyl sites for hydroxylation is 1. The number of hydrogen-bond acceptors (Lipinski definition) is 3. The highest BCUT2D eigenvalue weighted by molar-refractivity contribution is 5.79. The molecule has 0 amide bonds. The van der Waals surface area contributed by atoms with Gasteiger partial charge in [0.1, 0.15) is 12.0 Å². The molecular weight excluding hydrogens is 152 g/mol. The standard InChI is InChI=1S/C8H10N4/c1-12-4-6(2-9)7-3-10-5-11-8(7)12/h3-5H,2,9H2,1H3. The Balaban J connectivity index is 2.82. The molecule has 0 aromatic carbocycles. The van der Waals surface area contributed by atoms with Crippen LogP contribution in [0.25, 0.3) is 11.0 Å². The molecule has 2 rings (SSSR count). The van der Waals surface area contributed by atoms with Crippen molar-refractivity contribution in [2.24, 2.45) is 12.8 Å². The zero-order chi connectivity index (χ0) is 8.55. The summed E-state index contributed by atoms with van der Waals surface area (Å²) in [5.41, 5.74) is 7.59. The second-order valence-corrected chi connectivity index (χ2v) is 2.73. The maximum absolute atomic E-state index is 5.56. The molecule has 12 heavy (non-hydrogen) atoms. The third kappa shape index (κ3) is 0.887. The summed E-state index contributed by atoms with van der Waals surface area (Å²) >= 11 is 0. The molecule has 0 aliphatic carbocycles. The Morgan fingerprint density at radius 1 is 1.58 bits per heavy atom. The second kappa shape index (κ2) is 2.57. The maximum Gasteiger partial charge on any atom is 0.143 e. The van der Waals surface area contributed by atoms with Crippen molar-refractivity contribution < 1.29 is 0 Å². The minimum Gasteiger partial charge on any atom is -0.335 e. The van der Waals surface area contributed by atoms with Crippen LogP contribution in [0.4, 0.5) is 0 Å². The van der Waals surface area contributed by atoms with Crippen molar-refractivity contribution in [2.45, 2.75) is 6.54 Å². The van der Waals surface area contributed by atoms with Gasteiger partial charge in [0.15, 0.2) is 0 Å². The smallest absolute Gasteiger partial charge is 0.143 e. The van der Waals surface area contributed by atoms with Crippen molar-refractivity contribution in [1.29, 1.82) is 0 Å². The number of rotatable bonds is 1. The lowest BCUT2D eigenvalue weighted by Gasteiger charge is -1.91. The lowest BCUT2D eigenvalue weighted by Crippen LogP contribution is -1.94. The van der Waals surface area contributed by atoms with Gasteiger partial charge in [-0.1, -0.05) is 0 Å². The largest absolute Gasteiger partial charge is 0.335 e. The summed E-state index contributed by atoms with van der Waals surface area (Å²) in [6.07, 6.45) is 5.33. The quantitative estimate of drug-likeness (QED) is 0.661. The van der Waals surface area contributed by atoms with E-state index in [0.29, 0.717) is 6.54 Å². The number of hydrogen-bond donors (Lipinski definition) is 1. The van der Waals surface area contributed by atoms with Crippen LogP contribution in [0.2, 0.25) is 0 Å². The van der Waals surface area contributed by atoms with E-state index in [4.69, 9.17) is 5.73 Å². The van der Waals surface area contributed by atoms with Gasteiger partial charge in [0.05, 0.1) is 0 Å². The molecule has 4 heteroatoms. The van der Waals surface area contributed by atoms with Gasteiger partial charge in [-0.15, -0.1) is 0 Å². The summed E-state index contributed by atoms with van der Waals surface area (Å²) in [6.45, 7) is 0.532. The van der Waals surface area contributed by atoms with E-state index in [-0.39, 0.29) is 0 Å². The molecule has 0 aliphatic heterocycles. The number of nitrogens with two attached hydrogens (primary N) is 1. The molecule has 0 bridgehead atoms. The summed E-state index contributed by atoms with van der Waals surface area (Å²) < 4.78 is 1.96. The third-order valence-electron chi connectivity index (χ3n) is 1.94. The third-order valence-corrected chi connectivity index (χ3v) is 1.94. The van der Waals surface area contributed by atoms with Crippen LogP contribution in [0.1, 0.15) is 5.56 Å². The fourth-order valence-electron chi connectivity index (χ4n) is 1.36. The fraction of sp³-hybridized carbons (Fsp3) is 0.250. The molecule has 0 saturated heterocycles. The van der Waals surface area contributed by atoms with E-state index < -0.39 is 0 Å². The predicted octanol–water partition coefficient (Wildman–Crippen LogP) is 0.427. The van der Waals surface area contributed by atoms with Crippen LogP contribution in [-0.2, 0) is 13.6 Å². The summed E-state index contributed by atoms with van der Waals surface area (Å²) in [6, 6.07) is 0. The van der Waals surface area contributed by atoms with E-state index in [1.807, 2.05) is 17.8 Å². The van der Waals surface area contributed by atoms with E-state index in [2.05, 4.69) is 9.97 Å². The van der Waals surface area contributed by atoms with Crippen LogP contribution < -0.4 is 5.73 Å². The molecule has 2 aromatic rings. The lowest BCUT2D eigenvalue weighted by atomic mass is 10.2. The molecule has 0 atom stereocenters. The van der Waals surface area contributed by atoms with Crippen LogP contribution in [0.5, 0.6) is 0 Å². The second-order valence-electron chi connectivity index (χ2n) is 2.73. The number of fused-ring (bicyclic) bond motifs is 1. The van der Waals surface area contributed by atoms with Crippen molar-refractivity contribution >= 4 is 11.0 Å². The molecule has 0 unspecified atom stereocenters. The van der Waals surface area contributed by atoms with Gasteiger partial charge in [0.25, 0.3) is 0 Å². The Morgan fingerprint density at radius 2 is 2.42 bits per heavy atom. The van der Waals surface area contributed by atoms with E-state index in [9.17, 15) is 0 Å². The van der Waals surface area contributed by atoms with Crippen LogP contribution in [0.15, 0.2) is 18.7 Å². The number of aromatic nitrogens is 3. The first-order valence-electron chi connectivity index (χ1n) is 3.77. The van der Waals surface area contributed by atoms with Crippen LogP contribution in [-0.4, -0.2) is 14.5 Å². The van der Waals surface area contributed by atoms with Gasteiger partial charge >= 0.3 is 0 Å². The molecule has 0 spiro atoms. The monoisotopic (exact) mass is 162 g/mol. The Hall–Kier alpha value is -1.42. The Labute approximate surface area is 70.0 Å². The van der Waals surface area contributed by atoms with Crippen LogP contribution in [0.3, 0.4) is 0 Å². The Kier molecular flexibility index (Phi) is 1.55. The minimum absolute atomic E-state index is 0.532. The zero-order valence-electron chi connectivity index (χ0n) is 6.86. The average Bonchev–Trinajstić information content (AvgIpc) is 2.44. The molecular formula is C8H10N4. The molecule has 2 N–H and O–H groups in total. The zero-order valence-corrected chi connectivity index (χ0v) is 6.86. The van der Waals surface area contributed by atoms with Crippen LogP contribution >= 0.6 is 0 Å². The van der Waals surface area contributed by atoms with E-state index in [1.54, 1.807) is 12.5 Å². The summed E-state index contributed by atoms with van der Waals surface area (Å²) in [7, 11) is 1.95.